The summed E-state index contributed by atoms with van der Waals surface area (Å²) >= 11 is 0. The maximum Gasteiger partial charge on any atom is 0.0499 e. The van der Waals surface area contributed by atoms with Gasteiger partial charge in [-0.25, -0.2) is 0 Å². The Balaban J connectivity index is 1.48. The average molecular weight is 223 g/mol. The van der Waals surface area contributed by atoms with E-state index in [0.29, 0.717) is 6.61 Å². The molecule has 0 aromatic rings. The van der Waals surface area contributed by atoms with Gasteiger partial charge in [0.2, 0.25) is 0 Å². The molecule has 3 fully saturated rings. The van der Waals surface area contributed by atoms with E-state index in [-0.39, 0.29) is 5.41 Å². The smallest absolute Gasteiger partial charge is 0.0499 e. The lowest BCUT2D eigenvalue weighted by atomic mass is 9.70. The molecule has 3 aliphatic rings. The van der Waals surface area contributed by atoms with E-state index in [1.807, 2.05) is 0 Å². The summed E-state index contributed by atoms with van der Waals surface area (Å²) in [4.78, 5) is 0. The number of hydrogen-bond donors (Lipinski definition) is 2. The second-order valence-electron chi connectivity index (χ2n) is 6.61. The molecule has 0 aromatic heterocycles. The number of aliphatic hydroxyl groups excluding tert-OH is 1. The molecule has 0 aliphatic heterocycles. The normalized spacial score (nSPS) is 40.7. The van der Waals surface area contributed by atoms with Crippen molar-refractivity contribution in [2.75, 3.05) is 13.2 Å². The summed E-state index contributed by atoms with van der Waals surface area (Å²) < 4.78 is 0. The second kappa shape index (κ2) is 4.30. The van der Waals surface area contributed by atoms with E-state index in [2.05, 4.69) is 5.32 Å². The van der Waals surface area contributed by atoms with Crippen LogP contribution in [-0.2, 0) is 0 Å². The predicted molar refractivity (Wildman–Crippen MR) is 65.2 cm³/mol. The van der Waals surface area contributed by atoms with Gasteiger partial charge < -0.3 is 10.4 Å². The van der Waals surface area contributed by atoms with Crippen LogP contribution < -0.4 is 5.32 Å². The average Bonchev–Trinajstić information content (AvgIpc) is 3.07. The van der Waals surface area contributed by atoms with Gasteiger partial charge in [0.15, 0.2) is 0 Å². The number of rotatable bonds is 4. The van der Waals surface area contributed by atoms with Crippen molar-refractivity contribution in [1.29, 1.82) is 0 Å². The molecular weight excluding hydrogens is 198 g/mol. The van der Waals surface area contributed by atoms with Crippen molar-refractivity contribution in [3.63, 3.8) is 0 Å². The van der Waals surface area contributed by atoms with Crippen molar-refractivity contribution < 1.29 is 5.11 Å². The molecule has 3 aliphatic carbocycles. The van der Waals surface area contributed by atoms with Crippen LogP contribution in [0.5, 0.6) is 0 Å². The van der Waals surface area contributed by atoms with E-state index in [1.165, 1.54) is 51.4 Å². The maximum absolute atomic E-state index is 9.31. The van der Waals surface area contributed by atoms with Crippen molar-refractivity contribution in [3.8, 4) is 0 Å². The Labute approximate surface area is 98.8 Å². The number of hydrogen-bond acceptors (Lipinski definition) is 2. The Bertz CT molecular complexity index is 237. The first-order valence-electron chi connectivity index (χ1n) is 7.14. The third-order valence-electron chi connectivity index (χ3n) is 5.19. The van der Waals surface area contributed by atoms with Crippen molar-refractivity contribution >= 4 is 0 Å². The largest absolute Gasteiger partial charge is 0.396 e. The van der Waals surface area contributed by atoms with Gasteiger partial charge in [-0.2, -0.15) is 0 Å². The third-order valence-corrected chi connectivity index (χ3v) is 5.19. The Morgan fingerprint density at radius 1 is 1.06 bits per heavy atom. The molecule has 0 heterocycles. The molecule has 0 spiro atoms. The quantitative estimate of drug-likeness (QED) is 0.766. The first-order valence-corrected chi connectivity index (χ1v) is 7.14. The van der Waals surface area contributed by atoms with Crippen LogP contribution in [0.25, 0.3) is 0 Å². The number of fused-ring (bicyclic) bond motifs is 2. The summed E-state index contributed by atoms with van der Waals surface area (Å²) in [6, 6.07) is 0.757. The van der Waals surface area contributed by atoms with Gasteiger partial charge in [0.05, 0.1) is 0 Å². The fourth-order valence-electron chi connectivity index (χ4n) is 3.83. The Morgan fingerprint density at radius 2 is 1.75 bits per heavy atom. The van der Waals surface area contributed by atoms with Gasteiger partial charge in [0.1, 0.15) is 0 Å². The van der Waals surface area contributed by atoms with E-state index in [4.69, 9.17) is 0 Å². The van der Waals surface area contributed by atoms with Gasteiger partial charge in [-0.15, -0.1) is 0 Å². The summed E-state index contributed by atoms with van der Waals surface area (Å²) in [5.74, 6) is 2.02. The molecule has 0 amide bonds. The monoisotopic (exact) mass is 223 g/mol. The molecule has 0 saturated heterocycles. The van der Waals surface area contributed by atoms with Crippen molar-refractivity contribution in [1.82, 2.24) is 5.32 Å². The predicted octanol–water partition coefficient (Wildman–Crippen LogP) is 2.32. The van der Waals surface area contributed by atoms with Gasteiger partial charge >= 0.3 is 0 Å². The highest BCUT2D eigenvalue weighted by Gasteiger charge is 2.42. The van der Waals surface area contributed by atoms with Crippen LogP contribution in [-0.4, -0.2) is 24.3 Å². The van der Waals surface area contributed by atoms with Crippen molar-refractivity contribution in [2.45, 2.75) is 57.4 Å². The highest BCUT2D eigenvalue weighted by molar-refractivity contribution is 4.96. The zero-order valence-corrected chi connectivity index (χ0v) is 10.3. The number of nitrogens with one attached hydrogen (secondary N) is 1. The first kappa shape index (κ1) is 11.0. The molecule has 2 N–H and O–H groups in total. The molecule has 2 nitrogen and oxygen atoms in total. The molecule has 3 saturated carbocycles. The van der Waals surface area contributed by atoms with Crippen LogP contribution in [0, 0.1) is 17.3 Å². The van der Waals surface area contributed by atoms with E-state index in [9.17, 15) is 5.11 Å². The minimum absolute atomic E-state index is 0.284. The lowest BCUT2D eigenvalue weighted by Crippen LogP contribution is -2.42. The van der Waals surface area contributed by atoms with E-state index in [0.717, 1.165) is 24.4 Å². The van der Waals surface area contributed by atoms with Crippen LogP contribution in [0.4, 0.5) is 0 Å². The van der Waals surface area contributed by atoms with Crippen LogP contribution in [0.1, 0.15) is 51.4 Å². The van der Waals surface area contributed by atoms with Crippen LogP contribution >= 0.6 is 0 Å². The summed E-state index contributed by atoms with van der Waals surface area (Å²) in [7, 11) is 0. The van der Waals surface area contributed by atoms with Crippen LogP contribution in [0.2, 0.25) is 0 Å². The Kier molecular flexibility index (Phi) is 2.97. The van der Waals surface area contributed by atoms with Crippen LogP contribution in [0.3, 0.4) is 0 Å². The van der Waals surface area contributed by atoms with Crippen LogP contribution in [0.15, 0.2) is 0 Å². The zero-order valence-electron chi connectivity index (χ0n) is 10.3. The van der Waals surface area contributed by atoms with E-state index in [1.54, 1.807) is 0 Å². The standard InChI is InChI=1S/C14H25NO/c16-10-14(4-5-14)9-15-13-7-11-2-1-3-12(6-11)8-13/h11-13,15-16H,1-10H2. The van der Waals surface area contributed by atoms with E-state index >= 15 is 0 Å². The fraction of sp³-hybridized carbons (Fsp3) is 1.00. The lowest BCUT2D eigenvalue weighted by molar-refractivity contribution is 0.142. The van der Waals surface area contributed by atoms with Crippen molar-refractivity contribution in [3.05, 3.63) is 0 Å². The van der Waals surface area contributed by atoms with Gasteiger partial charge in [-0.1, -0.05) is 19.3 Å². The zero-order chi connectivity index (χ0) is 11.0. The van der Waals surface area contributed by atoms with Gasteiger partial charge in [-0.3, -0.25) is 0 Å². The van der Waals surface area contributed by atoms with Gasteiger partial charge in [0.25, 0.3) is 0 Å². The summed E-state index contributed by atoms with van der Waals surface area (Å²) in [6.07, 6.45) is 11.2. The lowest BCUT2D eigenvalue weighted by Gasteiger charge is -2.39. The van der Waals surface area contributed by atoms with E-state index < -0.39 is 0 Å². The highest BCUT2D eigenvalue weighted by atomic mass is 16.3. The Hall–Kier alpha value is -0.0800. The topological polar surface area (TPSA) is 32.3 Å². The number of aliphatic hydroxyl groups is 1. The van der Waals surface area contributed by atoms with Crippen molar-refractivity contribution in [2.24, 2.45) is 17.3 Å². The maximum atomic E-state index is 9.31. The molecule has 2 bridgehead atoms. The molecule has 92 valence electrons. The minimum Gasteiger partial charge on any atom is -0.396 e. The summed E-state index contributed by atoms with van der Waals surface area (Å²) in [5, 5.41) is 13.1. The fourth-order valence-corrected chi connectivity index (χ4v) is 3.83. The highest BCUT2D eigenvalue weighted by Crippen LogP contribution is 2.45. The molecule has 2 unspecified atom stereocenters. The third kappa shape index (κ3) is 2.28. The Morgan fingerprint density at radius 3 is 2.31 bits per heavy atom. The molecular formula is C14H25NO. The summed E-state index contributed by atoms with van der Waals surface area (Å²) in [5.41, 5.74) is 0.284. The molecule has 0 radical (unpaired) electrons. The van der Waals surface area contributed by atoms with Gasteiger partial charge in [0, 0.05) is 24.6 Å². The van der Waals surface area contributed by atoms with Gasteiger partial charge in [-0.05, 0) is 43.9 Å². The molecule has 2 heteroatoms. The first-order chi connectivity index (χ1) is 7.80. The molecule has 16 heavy (non-hydrogen) atoms. The second-order valence-corrected chi connectivity index (χ2v) is 6.61. The summed E-state index contributed by atoms with van der Waals surface area (Å²) in [6.45, 7) is 1.45. The molecule has 2 atom stereocenters. The molecule has 3 rings (SSSR count). The SMILES string of the molecule is OCC1(CNC2CC3CCCC(C3)C2)CC1. The minimum atomic E-state index is 0.284. The molecule has 0 aromatic carbocycles.